The largest absolute Gasteiger partial charge is 0.228 e. The van der Waals surface area contributed by atoms with E-state index in [9.17, 15) is 8.42 Å². The Kier molecular flexibility index (Phi) is 4.96. The average molecular weight is 241 g/mol. The second kappa shape index (κ2) is 6.01. The standard InChI is InChI=1S/C12H19NO2S/c1-2-3-5-10-12(16(13,14)15)11-8-6-4-7-9-11/h4,6-9,12H,2-3,5,10H2,1H3,(H2,13,14,15). The van der Waals surface area contributed by atoms with E-state index in [1.807, 2.05) is 30.3 Å². The Hall–Kier alpha value is -0.870. The van der Waals surface area contributed by atoms with E-state index in [1.54, 1.807) is 0 Å². The molecule has 2 N–H and O–H groups in total. The predicted molar refractivity (Wildman–Crippen MR) is 66.4 cm³/mol. The molecule has 0 saturated heterocycles. The van der Waals surface area contributed by atoms with E-state index < -0.39 is 15.3 Å². The summed E-state index contributed by atoms with van der Waals surface area (Å²) in [5, 5.41) is 4.71. The number of sulfonamides is 1. The molecule has 4 heteroatoms. The summed E-state index contributed by atoms with van der Waals surface area (Å²) in [5.74, 6) is 0. The Morgan fingerprint density at radius 3 is 2.31 bits per heavy atom. The zero-order valence-corrected chi connectivity index (χ0v) is 10.4. The van der Waals surface area contributed by atoms with Gasteiger partial charge >= 0.3 is 0 Å². The predicted octanol–water partition coefficient (Wildman–Crippen LogP) is 2.60. The lowest BCUT2D eigenvalue weighted by atomic mass is 10.1. The van der Waals surface area contributed by atoms with Crippen LogP contribution in [-0.2, 0) is 10.0 Å². The SMILES string of the molecule is CCCCCC(c1ccccc1)S(N)(=O)=O. The lowest BCUT2D eigenvalue weighted by Crippen LogP contribution is -2.21. The van der Waals surface area contributed by atoms with Gasteiger partial charge in [0.1, 0.15) is 5.25 Å². The molecule has 1 atom stereocenters. The van der Waals surface area contributed by atoms with Crippen molar-refractivity contribution in [3.8, 4) is 0 Å². The number of hydrogen-bond acceptors (Lipinski definition) is 2. The monoisotopic (exact) mass is 241 g/mol. The van der Waals surface area contributed by atoms with Crippen molar-refractivity contribution < 1.29 is 8.42 Å². The van der Waals surface area contributed by atoms with Crippen LogP contribution in [0.25, 0.3) is 0 Å². The molecule has 0 radical (unpaired) electrons. The minimum Gasteiger partial charge on any atom is -0.228 e. The van der Waals surface area contributed by atoms with Crippen LogP contribution in [0.4, 0.5) is 0 Å². The number of hydrogen-bond donors (Lipinski definition) is 1. The fourth-order valence-electron chi connectivity index (χ4n) is 1.77. The summed E-state index contributed by atoms with van der Waals surface area (Å²) in [7, 11) is -3.50. The van der Waals surface area contributed by atoms with Crippen LogP contribution in [0, 0.1) is 0 Å². The molecule has 1 aromatic rings. The molecule has 0 bridgehead atoms. The van der Waals surface area contributed by atoms with Crippen molar-refractivity contribution in [1.82, 2.24) is 0 Å². The van der Waals surface area contributed by atoms with Crippen LogP contribution >= 0.6 is 0 Å². The smallest absolute Gasteiger partial charge is 0.216 e. The number of primary sulfonamides is 1. The summed E-state index contributed by atoms with van der Waals surface area (Å²) < 4.78 is 23.0. The van der Waals surface area contributed by atoms with Crippen molar-refractivity contribution in [2.45, 2.75) is 37.9 Å². The third kappa shape index (κ3) is 3.94. The first-order valence-corrected chi connectivity index (χ1v) is 7.23. The number of nitrogens with two attached hydrogens (primary N) is 1. The van der Waals surface area contributed by atoms with E-state index >= 15 is 0 Å². The molecule has 0 saturated carbocycles. The minimum atomic E-state index is -3.50. The van der Waals surface area contributed by atoms with Crippen LogP contribution in [0.15, 0.2) is 30.3 Å². The molecular formula is C12H19NO2S. The minimum absolute atomic E-state index is 0.555. The topological polar surface area (TPSA) is 60.2 Å². The van der Waals surface area contributed by atoms with Gasteiger partial charge in [-0.1, -0.05) is 56.5 Å². The summed E-state index contributed by atoms with van der Waals surface area (Å²) in [6.45, 7) is 2.09. The molecule has 16 heavy (non-hydrogen) atoms. The van der Waals surface area contributed by atoms with Gasteiger partial charge in [0.2, 0.25) is 10.0 Å². The Morgan fingerprint density at radius 1 is 1.19 bits per heavy atom. The van der Waals surface area contributed by atoms with Crippen LogP contribution in [0.1, 0.15) is 43.4 Å². The summed E-state index contributed by atoms with van der Waals surface area (Å²) in [6, 6.07) is 9.19. The lowest BCUT2D eigenvalue weighted by molar-refractivity contribution is 0.565. The van der Waals surface area contributed by atoms with E-state index in [0.717, 1.165) is 24.8 Å². The second-order valence-corrected chi connectivity index (χ2v) is 5.73. The lowest BCUT2D eigenvalue weighted by Gasteiger charge is -2.14. The van der Waals surface area contributed by atoms with Gasteiger partial charge < -0.3 is 0 Å². The zero-order chi connectivity index (χ0) is 12.0. The molecule has 1 aromatic carbocycles. The molecule has 3 nitrogen and oxygen atoms in total. The Morgan fingerprint density at radius 2 is 1.81 bits per heavy atom. The van der Waals surface area contributed by atoms with Gasteiger partial charge in [-0.15, -0.1) is 0 Å². The highest BCUT2D eigenvalue weighted by atomic mass is 32.2. The van der Waals surface area contributed by atoms with E-state index in [1.165, 1.54) is 0 Å². The van der Waals surface area contributed by atoms with Crippen LogP contribution in [0.2, 0.25) is 0 Å². The second-order valence-electron chi connectivity index (χ2n) is 3.98. The molecule has 0 spiro atoms. The Balaban J connectivity index is 2.81. The molecule has 0 heterocycles. The van der Waals surface area contributed by atoms with Crippen LogP contribution in [0.3, 0.4) is 0 Å². The van der Waals surface area contributed by atoms with Crippen LogP contribution in [0.5, 0.6) is 0 Å². The first-order valence-electron chi connectivity index (χ1n) is 5.62. The van der Waals surface area contributed by atoms with Crippen molar-refractivity contribution in [3.63, 3.8) is 0 Å². The maximum absolute atomic E-state index is 11.5. The van der Waals surface area contributed by atoms with Gasteiger partial charge in [0.05, 0.1) is 0 Å². The summed E-state index contributed by atoms with van der Waals surface area (Å²) in [6.07, 6.45) is 3.62. The normalized spacial score (nSPS) is 13.6. The highest BCUT2D eigenvalue weighted by molar-refractivity contribution is 7.89. The fourth-order valence-corrected chi connectivity index (χ4v) is 2.80. The van der Waals surface area contributed by atoms with Gasteiger partial charge in [-0.05, 0) is 12.0 Å². The highest BCUT2D eigenvalue weighted by Crippen LogP contribution is 2.26. The fraction of sp³-hybridized carbons (Fsp3) is 0.500. The molecule has 0 amide bonds. The average Bonchev–Trinajstić information content (AvgIpc) is 2.24. The molecular weight excluding hydrogens is 222 g/mol. The van der Waals surface area contributed by atoms with Crippen molar-refractivity contribution in [2.24, 2.45) is 5.14 Å². The van der Waals surface area contributed by atoms with Gasteiger partial charge in [0.25, 0.3) is 0 Å². The molecule has 0 aromatic heterocycles. The zero-order valence-electron chi connectivity index (χ0n) is 9.59. The van der Waals surface area contributed by atoms with Gasteiger partial charge in [0.15, 0.2) is 0 Å². The third-order valence-electron chi connectivity index (χ3n) is 2.64. The maximum atomic E-state index is 11.5. The van der Waals surface area contributed by atoms with E-state index in [0.29, 0.717) is 6.42 Å². The molecule has 0 aliphatic carbocycles. The molecule has 0 aliphatic heterocycles. The van der Waals surface area contributed by atoms with Gasteiger partial charge in [0, 0.05) is 0 Å². The number of rotatable bonds is 6. The molecule has 1 unspecified atom stereocenters. The highest BCUT2D eigenvalue weighted by Gasteiger charge is 2.22. The van der Waals surface area contributed by atoms with Gasteiger partial charge in [-0.3, -0.25) is 0 Å². The van der Waals surface area contributed by atoms with E-state index in [2.05, 4.69) is 6.92 Å². The quantitative estimate of drug-likeness (QED) is 0.778. The summed E-state index contributed by atoms with van der Waals surface area (Å²) in [4.78, 5) is 0. The maximum Gasteiger partial charge on any atom is 0.216 e. The van der Waals surface area contributed by atoms with Crippen molar-refractivity contribution in [2.75, 3.05) is 0 Å². The number of benzene rings is 1. The van der Waals surface area contributed by atoms with Crippen LogP contribution < -0.4 is 5.14 Å². The van der Waals surface area contributed by atoms with Crippen LogP contribution in [-0.4, -0.2) is 8.42 Å². The Bertz CT molecular complexity index is 400. The van der Waals surface area contributed by atoms with Crippen molar-refractivity contribution in [3.05, 3.63) is 35.9 Å². The third-order valence-corrected chi connectivity index (χ3v) is 3.94. The van der Waals surface area contributed by atoms with Crippen molar-refractivity contribution in [1.29, 1.82) is 0 Å². The van der Waals surface area contributed by atoms with E-state index in [4.69, 9.17) is 5.14 Å². The Labute approximate surface area is 97.7 Å². The van der Waals surface area contributed by atoms with Crippen molar-refractivity contribution >= 4 is 10.0 Å². The molecule has 90 valence electrons. The van der Waals surface area contributed by atoms with Gasteiger partial charge in [-0.25, -0.2) is 13.6 Å². The van der Waals surface area contributed by atoms with Gasteiger partial charge in [-0.2, -0.15) is 0 Å². The molecule has 0 fully saturated rings. The molecule has 1 rings (SSSR count). The van der Waals surface area contributed by atoms with E-state index in [-0.39, 0.29) is 0 Å². The first kappa shape index (κ1) is 13.2. The number of unbranched alkanes of at least 4 members (excludes halogenated alkanes) is 2. The first-order chi connectivity index (χ1) is 7.55. The summed E-state index contributed by atoms with van der Waals surface area (Å²) in [5.41, 5.74) is 0.793. The summed E-state index contributed by atoms with van der Waals surface area (Å²) >= 11 is 0. The molecule has 0 aliphatic rings.